The van der Waals surface area contributed by atoms with Crippen molar-refractivity contribution in [2.75, 3.05) is 0 Å². The maximum atomic E-state index is 13.6. The van der Waals surface area contributed by atoms with Crippen molar-refractivity contribution in [3.63, 3.8) is 0 Å². The molecule has 2 rings (SSSR count). The molecule has 0 amide bonds. The molecule has 2 aliphatic carbocycles. The number of alkyl halides is 4. The monoisotopic (exact) mass is 276 g/mol. The van der Waals surface area contributed by atoms with Gasteiger partial charge < -0.3 is 0 Å². The molecule has 8 heteroatoms. The number of fused-ring (bicyclic) bond motifs is 2. The topological polar surface area (TPSA) is 46.5 Å². The maximum absolute atomic E-state index is 13.6. The molecule has 2 saturated carbocycles. The van der Waals surface area contributed by atoms with E-state index >= 15 is 0 Å². The Morgan fingerprint density at radius 2 is 1.82 bits per heavy atom. The smallest absolute Gasteiger partial charge is 0.284 e. The van der Waals surface area contributed by atoms with Gasteiger partial charge in [-0.1, -0.05) is 6.42 Å². The van der Waals surface area contributed by atoms with Crippen LogP contribution in [0, 0.1) is 17.8 Å². The Morgan fingerprint density at radius 1 is 1.18 bits per heavy atom. The van der Waals surface area contributed by atoms with Crippen LogP contribution in [0.25, 0.3) is 0 Å². The second-order valence-electron chi connectivity index (χ2n) is 4.72. The van der Waals surface area contributed by atoms with Crippen LogP contribution in [-0.4, -0.2) is 20.8 Å². The fourth-order valence-corrected chi connectivity index (χ4v) is 3.34. The highest BCUT2D eigenvalue weighted by atomic mass is 32.2. The summed E-state index contributed by atoms with van der Waals surface area (Å²) in [5.74, 6) is -6.21. The van der Waals surface area contributed by atoms with Gasteiger partial charge in [0.05, 0.1) is 0 Å². The summed E-state index contributed by atoms with van der Waals surface area (Å²) in [4.78, 5) is 0. The van der Waals surface area contributed by atoms with E-state index < -0.39 is 35.2 Å². The molecule has 0 aromatic carbocycles. The van der Waals surface area contributed by atoms with Crippen LogP contribution >= 0.6 is 0 Å². The third kappa shape index (κ3) is 2.22. The van der Waals surface area contributed by atoms with E-state index in [0.717, 1.165) is 6.42 Å². The SMILES string of the molecule is O=S(O)OC(F)(F)C(F)(F)C1CC2CCC1C2. The molecule has 2 fully saturated rings. The minimum absolute atomic E-state index is 0.0364. The molecule has 0 spiro atoms. The van der Waals surface area contributed by atoms with Crippen molar-refractivity contribution in [3.05, 3.63) is 0 Å². The van der Waals surface area contributed by atoms with Gasteiger partial charge in [0.2, 0.25) is 0 Å². The van der Waals surface area contributed by atoms with Gasteiger partial charge in [-0.05, 0) is 31.1 Å². The van der Waals surface area contributed by atoms with Crippen LogP contribution in [0.1, 0.15) is 25.7 Å². The average molecular weight is 276 g/mol. The highest BCUT2D eigenvalue weighted by Gasteiger charge is 2.67. The van der Waals surface area contributed by atoms with Crippen molar-refractivity contribution in [3.8, 4) is 0 Å². The van der Waals surface area contributed by atoms with Gasteiger partial charge >= 0.3 is 23.4 Å². The summed E-state index contributed by atoms with van der Waals surface area (Å²) in [6.45, 7) is 0. The van der Waals surface area contributed by atoms with Gasteiger partial charge in [0.15, 0.2) is 0 Å². The number of halogens is 4. The molecule has 1 N–H and O–H groups in total. The summed E-state index contributed by atoms with van der Waals surface area (Å²) in [5, 5.41) is 0. The molecule has 4 atom stereocenters. The Balaban J connectivity index is 2.15. The van der Waals surface area contributed by atoms with E-state index in [1.807, 2.05) is 0 Å². The third-order valence-corrected chi connectivity index (χ3v) is 4.12. The Labute approximate surface area is 98.0 Å². The molecular formula is C9H12F4O3S. The number of rotatable bonds is 4. The molecular weight excluding hydrogens is 264 g/mol. The molecule has 2 bridgehead atoms. The Morgan fingerprint density at radius 3 is 2.24 bits per heavy atom. The molecule has 0 aromatic rings. The van der Waals surface area contributed by atoms with Crippen LogP contribution in [0.3, 0.4) is 0 Å². The summed E-state index contributed by atoms with van der Waals surface area (Å²) in [6.07, 6.45) is -3.01. The van der Waals surface area contributed by atoms with Crippen molar-refractivity contribution in [1.82, 2.24) is 0 Å². The van der Waals surface area contributed by atoms with E-state index in [-0.39, 0.29) is 12.3 Å². The average Bonchev–Trinajstić information content (AvgIpc) is 2.75. The fraction of sp³-hybridized carbons (Fsp3) is 1.00. The zero-order valence-electron chi connectivity index (χ0n) is 8.74. The lowest BCUT2D eigenvalue weighted by molar-refractivity contribution is -0.330. The summed E-state index contributed by atoms with van der Waals surface area (Å²) in [6, 6.07) is 0. The summed E-state index contributed by atoms with van der Waals surface area (Å²) in [7, 11) is 0. The molecule has 0 aliphatic heterocycles. The molecule has 0 saturated heterocycles. The van der Waals surface area contributed by atoms with Gasteiger partial charge in [-0.15, -0.1) is 0 Å². The van der Waals surface area contributed by atoms with Crippen LogP contribution < -0.4 is 0 Å². The second-order valence-corrected chi connectivity index (χ2v) is 5.32. The zero-order valence-corrected chi connectivity index (χ0v) is 9.56. The quantitative estimate of drug-likeness (QED) is 0.634. The van der Waals surface area contributed by atoms with Crippen LogP contribution in [0.15, 0.2) is 0 Å². The lowest BCUT2D eigenvalue weighted by Gasteiger charge is -2.33. The Bertz CT molecular complexity index is 336. The first kappa shape index (κ1) is 13.2. The highest BCUT2D eigenvalue weighted by molar-refractivity contribution is 7.74. The molecule has 2 aliphatic rings. The van der Waals surface area contributed by atoms with Crippen molar-refractivity contribution in [2.45, 2.75) is 37.7 Å². The number of hydrogen-bond donors (Lipinski definition) is 1. The first-order valence-corrected chi connectivity index (χ1v) is 6.33. The number of hydrogen-bond acceptors (Lipinski definition) is 2. The van der Waals surface area contributed by atoms with Gasteiger partial charge in [-0.3, -0.25) is 4.55 Å². The van der Waals surface area contributed by atoms with Crippen LogP contribution in [0.4, 0.5) is 17.6 Å². The lowest BCUT2D eigenvalue weighted by atomic mass is 9.83. The minimum atomic E-state index is -4.90. The predicted octanol–water partition coefficient (Wildman–Crippen LogP) is 2.80. The van der Waals surface area contributed by atoms with E-state index in [1.165, 1.54) is 0 Å². The van der Waals surface area contributed by atoms with E-state index in [0.29, 0.717) is 12.8 Å². The van der Waals surface area contributed by atoms with Crippen LogP contribution in [0.5, 0.6) is 0 Å². The summed E-state index contributed by atoms with van der Waals surface area (Å²) in [5.41, 5.74) is 0. The van der Waals surface area contributed by atoms with E-state index in [4.69, 9.17) is 4.55 Å². The van der Waals surface area contributed by atoms with Crippen LogP contribution in [0.2, 0.25) is 0 Å². The first-order chi connectivity index (χ1) is 7.74. The Kier molecular flexibility index (Phi) is 3.24. The lowest BCUT2D eigenvalue weighted by Crippen LogP contribution is -2.50. The summed E-state index contributed by atoms with van der Waals surface area (Å²) >= 11 is -3.41. The first-order valence-electron chi connectivity index (χ1n) is 5.30. The Hall–Kier alpha value is -0.210. The van der Waals surface area contributed by atoms with E-state index in [9.17, 15) is 21.8 Å². The molecule has 4 unspecified atom stereocenters. The van der Waals surface area contributed by atoms with Gasteiger partial charge in [0, 0.05) is 5.92 Å². The van der Waals surface area contributed by atoms with E-state index in [1.54, 1.807) is 0 Å². The van der Waals surface area contributed by atoms with Gasteiger partial charge in [0.25, 0.3) is 0 Å². The van der Waals surface area contributed by atoms with Crippen LogP contribution in [-0.2, 0) is 15.5 Å². The largest absolute Gasteiger partial charge is 0.433 e. The fourth-order valence-electron chi connectivity index (χ4n) is 3.05. The third-order valence-electron chi connectivity index (χ3n) is 3.77. The summed E-state index contributed by atoms with van der Waals surface area (Å²) < 4.78 is 74.9. The van der Waals surface area contributed by atoms with Crippen molar-refractivity contribution in [1.29, 1.82) is 0 Å². The molecule has 3 nitrogen and oxygen atoms in total. The normalized spacial score (nSPS) is 35.2. The molecule has 0 heterocycles. The molecule has 0 aromatic heterocycles. The second kappa shape index (κ2) is 4.17. The highest BCUT2D eigenvalue weighted by Crippen LogP contribution is 2.57. The van der Waals surface area contributed by atoms with Gasteiger partial charge in [0.1, 0.15) is 0 Å². The minimum Gasteiger partial charge on any atom is -0.284 e. The zero-order chi connectivity index (χ0) is 12.8. The van der Waals surface area contributed by atoms with Crippen molar-refractivity contribution < 1.29 is 30.5 Å². The van der Waals surface area contributed by atoms with Gasteiger partial charge in [-0.2, -0.15) is 26.0 Å². The van der Waals surface area contributed by atoms with E-state index in [2.05, 4.69) is 4.18 Å². The maximum Gasteiger partial charge on any atom is 0.433 e. The molecule has 17 heavy (non-hydrogen) atoms. The standard InChI is InChI=1S/C9H12F4O3S/c10-8(11,9(12,13)16-17(14)15)7-4-5-1-2-6(7)3-5/h5-7H,1-4H2,(H,14,15). The van der Waals surface area contributed by atoms with Crippen molar-refractivity contribution in [2.24, 2.45) is 17.8 Å². The van der Waals surface area contributed by atoms with Gasteiger partial charge in [-0.25, -0.2) is 0 Å². The molecule has 0 radical (unpaired) electrons. The van der Waals surface area contributed by atoms with Crippen molar-refractivity contribution >= 4 is 11.4 Å². The molecule has 100 valence electrons. The predicted molar refractivity (Wildman–Crippen MR) is 50.7 cm³/mol.